The first-order valence-corrected chi connectivity index (χ1v) is 21.5. The van der Waals surface area contributed by atoms with Crippen molar-refractivity contribution in [2.75, 3.05) is 68.6 Å². The minimum atomic E-state index is -1.15. The molecule has 5 fully saturated rings. The average molecular weight is 792 g/mol. The molecule has 0 aliphatic heterocycles. The molecule has 0 aromatic carbocycles. The largest absolute Gasteiger partial charge is 0.550 e. The maximum Gasteiger partial charge on any atom is 0.309 e. The highest BCUT2D eigenvalue weighted by molar-refractivity contribution is 5.81. The van der Waals surface area contributed by atoms with Gasteiger partial charge in [-0.3, -0.25) is 9.59 Å². The normalized spacial score (nSPS) is 37.4. The highest BCUT2D eigenvalue weighted by Crippen LogP contribution is 2.77. The first-order chi connectivity index (χ1) is 25.4. The molecule has 0 aromatic rings. The van der Waals surface area contributed by atoms with Crippen LogP contribution in [0.1, 0.15) is 126 Å². The van der Waals surface area contributed by atoms with Crippen LogP contribution in [0.5, 0.6) is 0 Å². The number of hydrogen-bond acceptors (Lipinski definition) is 7. The number of esters is 1. The molecule has 3 N–H and O–H groups in total. The van der Waals surface area contributed by atoms with Crippen LogP contribution in [0.25, 0.3) is 0 Å². The summed E-state index contributed by atoms with van der Waals surface area (Å²) in [5.74, 6) is -0.592. The summed E-state index contributed by atoms with van der Waals surface area (Å²) < 4.78 is 7.78. The van der Waals surface area contributed by atoms with Crippen LogP contribution in [0.4, 0.5) is 0 Å². The first kappa shape index (κ1) is 48.4. The molecule has 10 nitrogen and oxygen atoms in total. The number of likely N-dealkylation sites (N-methyl/N-ethyl adjacent to an activating group) is 2. The number of carbonyl (C=O) groups excluding carboxylic acids is 2. The van der Waals surface area contributed by atoms with Crippen LogP contribution in [-0.2, 0) is 19.1 Å². The highest BCUT2D eigenvalue weighted by atomic mass is 16.5. The fourth-order valence-corrected chi connectivity index (χ4v) is 12.9. The summed E-state index contributed by atoms with van der Waals surface area (Å²) in [7, 11) is 12.3. The number of carbonyl (C=O) groups is 3. The van der Waals surface area contributed by atoms with Crippen molar-refractivity contribution >= 4 is 17.9 Å². The average Bonchev–Trinajstić information content (AvgIpc) is 3.44. The van der Waals surface area contributed by atoms with Crippen LogP contribution >= 0.6 is 0 Å². The molecule has 0 heterocycles. The van der Waals surface area contributed by atoms with Gasteiger partial charge in [-0.1, -0.05) is 46.8 Å². The van der Waals surface area contributed by atoms with Crippen LogP contribution < -0.4 is 5.11 Å². The van der Waals surface area contributed by atoms with Crippen molar-refractivity contribution in [3.63, 3.8) is 0 Å². The fraction of sp³-hybridized carbons (Fsp3) is 0.891. The van der Waals surface area contributed by atoms with Gasteiger partial charge in [0.25, 0.3) is 0 Å². The van der Waals surface area contributed by atoms with E-state index in [0.717, 1.165) is 91.8 Å². The molecule has 0 bridgehead atoms. The van der Waals surface area contributed by atoms with Crippen molar-refractivity contribution in [1.82, 2.24) is 0 Å². The van der Waals surface area contributed by atoms with E-state index >= 15 is 0 Å². The summed E-state index contributed by atoms with van der Waals surface area (Å²) in [6.07, 6.45) is 9.07. The van der Waals surface area contributed by atoms with E-state index in [4.69, 9.17) is 14.9 Å². The number of ether oxygens (including phenoxy) is 1. The van der Waals surface area contributed by atoms with E-state index in [0.29, 0.717) is 17.8 Å². The number of nitrogens with zero attached hydrogens (tertiary/aromatic N) is 2. The summed E-state index contributed by atoms with van der Waals surface area (Å²) in [5.41, 5.74) is -0.688. The van der Waals surface area contributed by atoms with Gasteiger partial charge in [-0.25, -0.2) is 0 Å². The van der Waals surface area contributed by atoms with Gasteiger partial charge in [0.15, 0.2) is 0 Å². The Hall–Kier alpha value is -2.01. The van der Waals surface area contributed by atoms with Gasteiger partial charge in [0.2, 0.25) is 0 Å². The Morgan fingerprint density at radius 3 is 1.77 bits per heavy atom. The van der Waals surface area contributed by atoms with E-state index < -0.39 is 28.7 Å². The molecule has 5 saturated carbocycles. The second-order valence-electron chi connectivity index (χ2n) is 22.8. The second-order valence-corrected chi connectivity index (χ2v) is 22.8. The van der Waals surface area contributed by atoms with E-state index in [2.05, 4.69) is 90.4 Å². The SMILES string of the molecule is C=C(C)[C@@H]1CC[C@]2(C(=O)[O-])CC[C@]3(C)[C@H](CC[C@@H]4[C@@]5(C)CC[C@H](OC(=O)CC(C)(C)C(=O)O)C(C)(C)[C@@H]5CC[C@]43C)[C@@H]12.C[N+](C)(C)CCO.C[N+](C)(C)CCO. The molecule has 5 aliphatic rings. The second kappa shape index (κ2) is 16.9. The fourth-order valence-electron chi connectivity index (χ4n) is 12.9. The molecular weight excluding hydrogens is 709 g/mol. The van der Waals surface area contributed by atoms with Gasteiger partial charge in [-0.05, 0) is 131 Å². The molecule has 0 spiro atoms. The molecule has 0 unspecified atom stereocenters. The minimum Gasteiger partial charge on any atom is -0.550 e. The quantitative estimate of drug-likeness (QED) is 0.135. The Bertz CT molecular complexity index is 1410. The number of carboxylic acids is 2. The predicted molar refractivity (Wildman–Crippen MR) is 220 cm³/mol. The molecule has 10 heteroatoms. The minimum absolute atomic E-state index is 0.0570. The van der Waals surface area contributed by atoms with Crippen LogP contribution in [0.2, 0.25) is 0 Å². The Morgan fingerprint density at radius 2 is 1.32 bits per heavy atom. The Balaban J connectivity index is 0.000000512. The predicted octanol–water partition coefficient (Wildman–Crippen LogP) is 6.18. The lowest BCUT2D eigenvalue weighted by Gasteiger charge is -2.73. The number of quaternary nitrogens is 2. The first-order valence-electron chi connectivity index (χ1n) is 21.5. The van der Waals surface area contributed by atoms with E-state index in [1.54, 1.807) is 13.8 Å². The van der Waals surface area contributed by atoms with Crippen molar-refractivity contribution in [3.8, 4) is 0 Å². The van der Waals surface area contributed by atoms with Gasteiger partial charge in [0, 0.05) is 16.8 Å². The molecule has 10 atom stereocenters. The standard InChI is InChI=1S/C36H56O6.2C5H14NO/c1-21(2)22-12-17-36(30(40)41)19-18-34(8)23(28(22)36)10-11-25-33(7)15-14-26(42-27(37)20-31(3,4)29(38)39)32(5,6)24(33)13-16-35(25,34)9;2*1-6(2,3)4-5-7/h22-26,28H,1,10-20H2,2-9H3,(H,38,39)(H,40,41);2*7H,4-5H2,1-3H3/q;2*+1/p-1/t22-,23+,24-,25+,26-,28+,33-,34+,35+,36-;;/m0../s1. The van der Waals surface area contributed by atoms with Crippen molar-refractivity contribution in [1.29, 1.82) is 0 Å². The summed E-state index contributed by atoms with van der Waals surface area (Å²) in [5, 5.41) is 39.1. The van der Waals surface area contributed by atoms with Gasteiger partial charge >= 0.3 is 11.9 Å². The molecule has 56 heavy (non-hydrogen) atoms. The maximum absolute atomic E-state index is 12.9. The summed E-state index contributed by atoms with van der Waals surface area (Å²) in [6, 6.07) is 0. The maximum atomic E-state index is 12.9. The van der Waals surface area contributed by atoms with Crippen molar-refractivity contribution in [3.05, 3.63) is 12.2 Å². The third kappa shape index (κ3) is 9.39. The summed E-state index contributed by atoms with van der Waals surface area (Å²) in [6.45, 7) is 23.9. The molecular formula is C46H83N2O8+. The molecule has 0 amide bonds. The monoisotopic (exact) mass is 792 g/mol. The Labute approximate surface area is 340 Å². The smallest absolute Gasteiger partial charge is 0.309 e. The third-order valence-corrected chi connectivity index (χ3v) is 16.4. The summed E-state index contributed by atoms with van der Waals surface area (Å²) in [4.78, 5) is 37.3. The topological polar surface area (TPSA) is 144 Å². The Morgan fingerprint density at radius 1 is 0.768 bits per heavy atom. The number of aliphatic hydroxyl groups is 2. The van der Waals surface area contributed by atoms with Gasteiger partial charge in [-0.15, -0.1) is 0 Å². The third-order valence-electron chi connectivity index (χ3n) is 16.4. The van der Waals surface area contributed by atoms with Crippen molar-refractivity contribution in [2.24, 2.45) is 62.1 Å². The number of hydrogen-bond donors (Lipinski definition) is 3. The number of carboxylic acid groups (broad SMARTS) is 2. The van der Waals surface area contributed by atoms with Gasteiger partial charge in [0.05, 0.1) is 67.3 Å². The lowest BCUT2D eigenvalue weighted by atomic mass is 9.32. The van der Waals surface area contributed by atoms with E-state index in [1.165, 1.54) is 0 Å². The van der Waals surface area contributed by atoms with E-state index in [1.807, 2.05) is 0 Å². The molecule has 5 rings (SSSR count). The van der Waals surface area contributed by atoms with Gasteiger partial charge in [-0.2, -0.15) is 0 Å². The van der Waals surface area contributed by atoms with Crippen LogP contribution in [0, 0.1) is 62.1 Å². The number of aliphatic hydroxyl groups excluding tert-OH is 2. The van der Waals surface area contributed by atoms with Crippen LogP contribution in [0.15, 0.2) is 12.2 Å². The zero-order valence-electron chi connectivity index (χ0n) is 38.1. The number of fused-ring (bicyclic) bond motifs is 7. The lowest BCUT2D eigenvalue weighted by Crippen LogP contribution is -2.67. The molecule has 0 radical (unpaired) electrons. The molecule has 5 aliphatic carbocycles. The van der Waals surface area contributed by atoms with E-state index in [9.17, 15) is 24.6 Å². The van der Waals surface area contributed by atoms with Crippen molar-refractivity contribution in [2.45, 2.75) is 132 Å². The summed E-state index contributed by atoms with van der Waals surface area (Å²) >= 11 is 0. The van der Waals surface area contributed by atoms with Gasteiger partial charge < -0.3 is 38.9 Å². The zero-order chi connectivity index (χ0) is 43.1. The van der Waals surface area contributed by atoms with Gasteiger partial charge in [0.1, 0.15) is 19.2 Å². The van der Waals surface area contributed by atoms with Crippen LogP contribution in [0.3, 0.4) is 0 Å². The zero-order valence-corrected chi connectivity index (χ0v) is 38.1. The molecule has 0 aromatic heterocycles. The number of aliphatic carboxylic acids is 2. The molecule has 0 saturated heterocycles. The van der Waals surface area contributed by atoms with E-state index in [-0.39, 0.29) is 59.2 Å². The highest BCUT2D eigenvalue weighted by Gasteiger charge is 2.71. The number of rotatable bonds is 10. The van der Waals surface area contributed by atoms with Crippen molar-refractivity contribution < 1.29 is 48.5 Å². The van der Waals surface area contributed by atoms with Crippen LogP contribution in [-0.4, -0.2) is 117 Å². The lowest BCUT2D eigenvalue weighted by molar-refractivity contribution is -0.870. The number of allylic oxidation sites excluding steroid dienone is 1. The molecule has 324 valence electrons. The Kier molecular flexibility index (Phi) is 14.6.